The van der Waals surface area contributed by atoms with Gasteiger partial charge in [0, 0.05) is 43.0 Å². The Balaban J connectivity index is -0.00000105. The van der Waals surface area contributed by atoms with Crippen LogP contribution in [0.2, 0.25) is 0 Å². The van der Waals surface area contributed by atoms with Crippen molar-refractivity contribution < 1.29 is 66.1 Å². The van der Waals surface area contributed by atoms with Crippen molar-refractivity contribution in [2.24, 2.45) is 10.8 Å². The minimum Gasteiger partial charge on any atom is -0.448 e. The summed E-state index contributed by atoms with van der Waals surface area (Å²) in [5, 5.41) is 12.8. The van der Waals surface area contributed by atoms with Crippen LogP contribution in [0.5, 0.6) is 0 Å². The summed E-state index contributed by atoms with van der Waals surface area (Å²) in [4.78, 5) is 4.40. The summed E-state index contributed by atoms with van der Waals surface area (Å²) in [6.07, 6.45) is -2.25. The first kappa shape index (κ1) is 26.3. The molecule has 0 saturated carbocycles. The summed E-state index contributed by atoms with van der Waals surface area (Å²) in [6.45, 7) is 8.43. The standard InChI is InChI=1S/C22H30N.CHF3O3S.2CH4O.Ir/c1-16-8-10-17(11-9-16)20-12-18(13-21(2,3)4)19(15-23-20)14-22(5,6)7;2-1(3,4)8(5,6)7;2*1-2;/h8-10,12,15H,13-14H2,1-7H3;(H,5,6,7);2*2H,1H3;/q-1;;;;/p+1/i1D3,13D2,14D2;;;;. The van der Waals surface area contributed by atoms with Gasteiger partial charge in [0.25, 0.3) is 0 Å². The third-order valence-corrected chi connectivity index (χ3v) is 3.89. The molecule has 1 radical (unpaired) electrons. The molecule has 2 rings (SSSR count). The first-order chi connectivity index (χ1) is 18.5. The molecule has 0 aliphatic rings. The molecule has 0 saturated heterocycles. The molecule has 36 heavy (non-hydrogen) atoms. The molecule has 6 nitrogen and oxygen atoms in total. The van der Waals surface area contributed by atoms with E-state index in [-0.39, 0.29) is 36.8 Å². The Kier molecular flexibility index (Phi) is 12.0. The largest absolute Gasteiger partial charge is 0.522 e. The molecule has 11 heteroatoms. The quantitative estimate of drug-likeness (QED) is 0.192. The molecule has 0 fully saturated rings. The maximum absolute atomic E-state index is 10.7. The molecule has 4 N–H and O–H groups in total. The van der Waals surface area contributed by atoms with Crippen LogP contribution in [0.1, 0.15) is 67.8 Å². The Morgan fingerprint density at radius 3 is 1.81 bits per heavy atom. The van der Waals surface area contributed by atoms with Crippen LogP contribution in [-0.4, -0.2) is 47.9 Å². The summed E-state index contributed by atoms with van der Waals surface area (Å²) >= 11 is 0. The Bertz CT molecular complexity index is 1250. The Hall–Kier alpha value is -1.36. The summed E-state index contributed by atoms with van der Waals surface area (Å²) in [7, 11) is -3.59. The molecule has 0 aliphatic heterocycles. The van der Waals surface area contributed by atoms with Crippen molar-refractivity contribution in [3.05, 3.63) is 53.2 Å². The fraction of sp³-hybridized carbons (Fsp3) is 0.560. The van der Waals surface area contributed by atoms with Crippen LogP contribution in [0.25, 0.3) is 11.3 Å². The second kappa shape index (κ2) is 16.5. The van der Waals surface area contributed by atoms with E-state index in [1.807, 2.05) is 0 Å². The van der Waals surface area contributed by atoms with Crippen molar-refractivity contribution in [1.82, 2.24) is 4.98 Å². The maximum Gasteiger partial charge on any atom is 0.522 e. The summed E-state index contributed by atoms with van der Waals surface area (Å²) < 4.78 is 115. The zero-order valence-electron chi connectivity index (χ0n) is 28.4. The monoisotopic (exact) mass is 723 g/mol. The van der Waals surface area contributed by atoms with Gasteiger partial charge < -0.3 is 15.2 Å². The Morgan fingerprint density at radius 1 is 1.03 bits per heavy atom. The van der Waals surface area contributed by atoms with Gasteiger partial charge in [-0.2, -0.15) is 21.6 Å². The van der Waals surface area contributed by atoms with Crippen molar-refractivity contribution >= 4 is 10.1 Å². The number of alkyl halides is 3. The van der Waals surface area contributed by atoms with E-state index in [2.05, 4.69) is 11.1 Å². The predicted octanol–water partition coefficient (Wildman–Crippen LogP) is 5.38. The van der Waals surface area contributed by atoms with Gasteiger partial charge in [-0.05, 0) is 40.4 Å². The summed E-state index contributed by atoms with van der Waals surface area (Å²) in [5.41, 5.74) is -5.52. The van der Waals surface area contributed by atoms with Crippen LogP contribution < -0.4 is 0 Å². The van der Waals surface area contributed by atoms with Crippen molar-refractivity contribution in [2.75, 3.05) is 14.2 Å². The van der Waals surface area contributed by atoms with E-state index in [1.54, 1.807) is 53.7 Å². The minimum atomic E-state index is -5.84. The molecule has 1 heterocycles. The number of aliphatic hydroxyl groups excluding tert-OH is 1. The first-order valence-electron chi connectivity index (χ1n) is 13.6. The number of rotatable bonds is 3. The van der Waals surface area contributed by atoms with Gasteiger partial charge in [-0.3, -0.25) is 4.55 Å². The first-order valence-corrected chi connectivity index (χ1v) is 11.5. The van der Waals surface area contributed by atoms with E-state index in [9.17, 15) is 13.2 Å². The number of hydrogen-bond donors (Lipinski definition) is 2. The average Bonchev–Trinajstić information content (AvgIpc) is 2.83. The number of aryl methyl sites for hydroxylation is 1. The van der Waals surface area contributed by atoms with Gasteiger partial charge in [0.1, 0.15) is 7.11 Å². The number of aromatic nitrogens is 1. The zero-order valence-corrected chi connectivity index (χ0v) is 24.6. The van der Waals surface area contributed by atoms with Crippen molar-refractivity contribution in [1.29, 1.82) is 0 Å². The SMILES string of the molecule is CO.C[OH2+].O=S(=O)(O)C(F)(F)F.[2H]C([2H])([2H])c1c[c-]c(-c2cc(C([2H])([2H])C(C)(C)C)c(C([2H])([2H])C(C)(C)C)cn2)cc1.[Ir]. The molecule has 0 bridgehead atoms. The van der Waals surface area contributed by atoms with Crippen molar-refractivity contribution in [2.45, 2.75) is 66.6 Å². The summed E-state index contributed by atoms with van der Waals surface area (Å²) in [5.74, 6) is 0. The number of hydrogen-bond acceptors (Lipinski definition) is 4. The molecule has 0 amide bonds. The van der Waals surface area contributed by atoms with Gasteiger partial charge in [-0.1, -0.05) is 54.5 Å². The van der Waals surface area contributed by atoms with Crippen LogP contribution in [0.3, 0.4) is 0 Å². The molecule has 211 valence electrons. The topological polar surface area (TPSA) is 110 Å². The smallest absolute Gasteiger partial charge is 0.448 e. The summed E-state index contributed by atoms with van der Waals surface area (Å²) in [6, 6.07) is 8.98. The maximum atomic E-state index is 10.7. The molecule has 0 unspecified atom stereocenters. The van der Waals surface area contributed by atoms with Gasteiger partial charge in [-0.15, -0.1) is 35.4 Å². The number of halogens is 3. The molecule has 1 aromatic heterocycles. The minimum absolute atomic E-state index is 0. The Labute approximate surface area is 237 Å². The third kappa shape index (κ3) is 16.4. The fourth-order valence-electron chi connectivity index (χ4n) is 2.20. The second-order valence-corrected chi connectivity index (χ2v) is 10.2. The number of pyridine rings is 1. The van der Waals surface area contributed by atoms with Crippen LogP contribution in [0.15, 0.2) is 30.5 Å². The van der Waals surface area contributed by atoms with Crippen LogP contribution in [0, 0.1) is 23.7 Å². The molecule has 0 spiro atoms. The molecular formula is C25H40F3IrNO5S. The van der Waals surface area contributed by atoms with E-state index < -0.39 is 46.1 Å². The van der Waals surface area contributed by atoms with Crippen molar-refractivity contribution in [3.8, 4) is 11.3 Å². The second-order valence-electron chi connectivity index (χ2n) is 8.78. The third-order valence-electron chi connectivity index (χ3n) is 3.30. The van der Waals surface area contributed by atoms with E-state index in [0.717, 1.165) is 7.11 Å². The molecule has 0 aliphatic carbocycles. The van der Waals surface area contributed by atoms with Crippen LogP contribution in [-0.2, 0) is 43.0 Å². The normalized spacial score (nSPS) is 15.4. The van der Waals surface area contributed by atoms with Crippen LogP contribution in [0.4, 0.5) is 13.2 Å². The van der Waals surface area contributed by atoms with E-state index in [1.165, 1.54) is 25.4 Å². The van der Waals surface area contributed by atoms with E-state index in [4.69, 9.17) is 32.8 Å². The molecule has 1 aromatic carbocycles. The van der Waals surface area contributed by atoms with Gasteiger partial charge in [0.2, 0.25) is 0 Å². The fourth-order valence-corrected chi connectivity index (χ4v) is 2.20. The van der Waals surface area contributed by atoms with Gasteiger partial charge >= 0.3 is 15.6 Å². The average molecular weight is 723 g/mol. The molecule has 2 aromatic rings. The zero-order chi connectivity index (χ0) is 34.3. The van der Waals surface area contributed by atoms with Gasteiger partial charge in [0.05, 0.1) is 0 Å². The van der Waals surface area contributed by atoms with E-state index in [0.29, 0.717) is 11.3 Å². The van der Waals surface area contributed by atoms with Crippen LogP contribution >= 0.6 is 0 Å². The number of aliphatic hydroxyl groups is 1. The van der Waals surface area contributed by atoms with Gasteiger partial charge in [0.15, 0.2) is 0 Å². The predicted molar refractivity (Wildman–Crippen MR) is 135 cm³/mol. The molecular weight excluding hydrogens is 676 g/mol. The van der Waals surface area contributed by atoms with Crippen molar-refractivity contribution in [3.63, 3.8) is 0 Å². The number of nitrogens with zero attached hydrogens (tertiary/aromatic N) is 1. The van der Waals surface area contributed by atoms with Gasteiger partial charge in [-0.25, -0.2) is 0 Å². The molecule has 0 atom stereocenters. The van der Waals surface area contributed by atoms with E-state index >= 15 is 0 Å². The Morgan fingerprint density at radius 2 is 1.47 bits per heavy atom. The number of benzene rings is 1.